The van der Waals surface area contributed by atoms with Crippen molar-refractivity contribution in [2.24, 2.45) is 0 Å². The van der Waals surface area contributed by atoms with Gasteiger partial charge in [0.05, 0.1) is 28.4 Å². The summed E-state index contributed by atoms with van der Waals surface area (Å²) < 4.78 is 6.41. The van der Waals surface area contributed by atoms with Gasteiger partial charge in [-0.3, -0.25) is 19.5 Å². The molecule has 1 aliphatic heterocycles. The van der Waals surface area contributed by atoms with E-state index in [4.69, 9.17) is 4.74 Å². The molecule has 1 saturated heterocycles. The molecule has 0 radical (unpaired) electrons. The molecule has 5 rings (SSSR count). The SMILES string of the molecule is CCOc1ccc2nc(N3C(=O)C(=O)/C(=C(/O)c4ccc(C)cc4)C3c3ccncc3)sc2c1. The van der Waals surface area contributed by atoms with E-state index in [1.807, 2.05) is 44.2 Å². The van der Waals surface area contributed by atoms with Crippen LogP contribution in [-0.2, 0) is 9.59 Å². The van der Waals surface area contributed by atoms with Gasteiger partial charge in [-0.25, -0.2) is 4.98 Å². The smallest absolute Gasteiger partial charge is 0.301 e. The molecule has 1 N–H and O–H groups in total. The van der Waals surface area contributed by atoms with Gasteiger partial charge >= 0.3 is 5.91 Å². The Kier molecular flexibility index (Phi) is 5.59. The Bertz CT molecular complexity index is 1430. The molecule has 0 aliphatic carbocycles. The topological polar surface area (TPSA) is 92.6 Å². The van der Waals surface area contributed by atoms with Crippen LogP contribution in [0.5, 0.6) is 5.75 Å². The van der Waals surface area contributed by atoms with Crippen LogP contribution in [-0.4, -0.2) is 33.4 Å². The number of anilines is 1. The molecule has 1 amide bonds. The van der Waals surface area contributed by atoms with E-state index >= 15 is 0 Å². The minimum atomic E-state index is -0.837. The standard InChI is InChI=1S/C26H21N3O4S/c1-3-33-18-8-9-19-20(14-18)34-26(28-19)29-22(16-10-12-27-13-11-16)21(24(31)25(29)32)23(30)17-6-4-15(2)5-7-17/h4-14,22,30H,3H2,1-2H3/b23-21+. The van der Waals surface area contributed by atoms with Crippen LogP contribution in [0, 0.1) is 6.92 Å². The van der Waals surface area contributed by atoms with Crippen molar-refractivity contribution in [2.75, 3.05) is 11.5 Å². The molecule has 1 aliphatic rings. The molecule has 0 bridgehead atoms. The van der Waals surface area contributed by atoms with Gasteiger partial charge in [-0.05, 0) is 49.7 Å². The van der Waals surface area contributed by atoms with E-state index in [2.05, 4.69) is 9.97 Å². The number of aliphatic hydroxyl groups excluding tert-OH is 1. The summed E-state index contributed by atoms with van der Waals surface area (Å²) in [7, 11) is 0. The van der Waals surface area contributed by atoms with E-state index < -0.39 is 17.7 Å². The minimum absolute atomic E-state index is 0.0225. The number of ether oxygens (including phenoxy) is 1. The van der Waals surface area contributed by atoms with Crippen LogP contribution in [0.2, 0.25) is 0 Å². The molecule has 2 aromatic carbocycles. The van der Waals surface area contributed by atoms with Crippen molar-refractivity contribution in [3.8, 4) is 5.75 Å². The van der Waals surface area contributed by atoms with Gasteiger partial charge in [0.15, 0.2) is 5.13 Å². The summed E-state index contributed by atoms with van der Waals surface area (Å²) in [6, 6.07) is 15.3. The number of aryl methyl sites for hydroxylation is 1. The van der Waals surface area contributed by atoms with E-state index in [9.17, 15) is 14.7 Å². The largest absolute Gasteiger partial charge is 0.507 e. The van der Waals surface area contributed by atoms with Gasteiger partial charge in [-0.15, -0.1) is 0 Å². The molecular weight excluding hydrogens is 450 g/mol. The van der Waals surface area contributed by atoms with Crippen LogP contribution in [0.1, 0.15) is 29.7 Å². The Balaban J connectivity index is 1.68. The number of aromatic nitrogens is 2. The van der Waals surface area contributed by atoms with Crippen molar-refractivity contribution in [3.05, 3.63) is 89.3 Å². The van der Waals surface area contributed by atoms with Crippen LogP contribution in [0.3, 0.4) is 0 Å². The maximum atomic E-state index is 13.3. The molecule has 34 heavy (non-hydrogen) atoms. The lowest BCUT2D eigenvalue weighted by Gasteiger charge is -2.22. The predicted molar refractivity (Wildman–Crippen MR) is 131 cm³/mol. The highest BCUT2D eigenvalue weighted by atomic mass is 32.1. The summed E-state index contributed by atoms with van der Waals surface area (Å²) in [6.07, 6.45) is 3.18. The summed E-state index contributed by atoms with van der Waals surface area (Å²) >= 11 is 1.29. The summed E-state index contributed by atoms with van der Waals surface area (Å²) in [5.74, 6) is -1.01. The van der Waals surface area contributed by atoms with E-state index in [0.29, 0.717) is 34.1 Å². The number of pyridine rings is 1. The fourth-order valence-corrected chi connectivity index (χ4v) is 5.03. The third-order valence-corrected chi connectivity index (χ3v) is 6.67. The molecular formula is C26H21N3O4S. The van der Waals surface area contributed by atoms with Crippen molar-refractivity contribution in [3.63, 3.8) is 0 Å². The Hall–Kier alpha value is -4.04. The highest BCUT2D eigenvalue weighted by Crippen LogP contribution is 2.44. The number of carbonyl (C=O) groups excluding carboxylic acids is 2. The van der Waals surface area contributed by atoms with Crippen LogP contribution in [0.15, 0.2) is 72.6 Å². The van der Waals surface area contributed by atoms with Gasteiger partial charge in [-0.1, -0.05) is 41.2 Å². The van der Waals surface area contributed by atoms with Crippen LogP contribution in [0.25, 0.3) is 16.0 Å². The second-order valence-electron chi connectivity index (χ2n) is 7.87. The molecule has 7 nitrogen and oxygen atoms in total. The Morgan fingerprint density at radius 2 is 1.82 bits per heavy atom. The number of Topliss-reactive ketones (excluding diaryl/α,β-unsaturated/α-hetero) is 1. The lowest BCUT2D eigenvalue weighted by Crippen LogP contribution is -2.29. The van der Waals surface area contributed by atoms with Crippen molar-refractivity contribution in [1.29, 1.82) is 0 Å². The Morgan fingerprint density at radius 1 is 1.09 bits per heavy atom. The molecule has 0 saturated carbocycles. The van der Waals surface area contributed by atoms with E-state index in [0.717, 1.165) is 10.3 Å². The zero-order valence-electron chi connectivity index (χ0n) is 18.6. The molecule has 3 heterocycles. The first-order valence-corrected chi connectivity index (χ1v) is 11.6. The number of hydrogen-bond donors (Lipinski definition) is 1. The van der Waals surface area contributed by atoms with Gasteiger partial charge in [0.25, 0.3) is 5.78 Å². The summed E-state index contributed by atoms with van der Waals surface area (Å²) in [5, 5.41) is 11.5. The summed E-state index contributed by atoms with van der Waals surface area (Å²) in [5.41, 5.74) is 2.85. The quantitative estimate of drug-likeness (QED) is 0.249. The van der Waals surface area contributed by atoms with Gasteiger partial charge in [0.1, 0.15) is 11.5 Å². The molecule has 2 aromatic heterocycles. The Labute approximate surface area is 200 Å². The first-order chi connectivity index (χ1) is 16.5. The van der Waals surface area contributed by atoms with Gasteiger partial charge in [0, 0.05) is 18.0 Å². The molecule has 1 atom stereocenters. The highest BCUT2D eigenvalue weighted by molar-refractivity contribution is 7.22. The number of hydrogen-bond acceptors (Lipinski definition) is 7. The number of rotatable bonds is 5. The molecule has 4 aromatic rings. The fraction of sp³-hybridized carbons (Fsp3) is 0.154. The third kappa shape index (κ3) is 3.72. The first-order valence-electron chi connectivity index (χ1n) is 10.8. The van der Waals surface area contributed by atoms with Crippen LogP contribution in [0.4, 0.5) is 5.13 Å². The number of thiazole rings is 1. The molecule has 1 unspecified atom stereocenters. The number of carbonyl (C=O) groups is 2. The molecule has 0 spiro atoms. The fourth-order valence-electron chi connectivity index (χ4n) is 4.01. The van der Waals surface area contributed by atoms with Crippen molar-refractivity contribution < 1.29 is 19.4 Å². The summed E-state index contributed by atoms with van der Waals surface area (Å²) in [6.45, 7) is 4.38. The normalized spacial score (nSPS) is 17.5. The maximum Gasteiger partial charge on any atom is 0.301 e. The number of nitrogens with zero attached hydrogens (tertiary/aromatic N) is 3. The summed E-state index contributed by atoms with van der Waals surface area (Å²) in [4.78, 5) is 36.6. The van der Waals surface area contributed by atoms with Crippen LogP contribution < -0.4 is 9.64 Å². The minimum Gasteiger partial charge on any atom is -0.507 e. The molecule has 170 valence electrons. The lowest BCUT2D eigenvalue weighted by atomic mass is 9.96. The average Bonchev–Trinajstić information content (AvgIpc) is 3.38. The number of fused-ring (bicyclic) bond motifs is 1. The lowest BCUT2D eigenvalue weighted by molar-refractivity contribution is -0.132. The molecule has 8 heteroatoms. The van der Waals surface area contributed by atoms with Gasteiger partial charge in [-0.2, -0.15) is 0 Å². The van der Waals surface area contributed by atoms with E-state index in [1.54, 1.807) is 36.7 Å². The number of aliphatic hydroxyl groups is 1. The van der Waals surface area contributed by atoms with Crippen molar-refractivity contribution >= 4 is 44.1 Å². The number of ketones is 1. The number of amides is 1. The third-order valence-electron chi connectivity index (χ3n) is 5.66. The maximum absolute atomic E-state index is 13.3. The van der Waals surface area contributed by atoms with Crippen LogP contribution >= 0.6 is 11.3 Å². The van der Waals surface area contributed by atoms with Gasteiger partial charge < -0.3 is 9.84 Å². The zero-order chi connectivity index (χ0) is 23.8. The monoisotopic (exact) mass is 471 g/mol. The predicted octanol–water partition coefficient (Wildman–Crippen LogP) is 5.02. The van der Waals surface area contributed by atoms with E-state index in [1.165, 1.54) is 16.2 Å². The second-order valence-corrected chi connectivity index (χ2v) is 8.88. The van der Waals surface area contributed by atoms with Gasteiger partial charge in [0.2, 0.25) is 0 Å². The second kappa shape index (κ2) is 8.72. The molecule has 1 fully saturated rings. The highest BCUT2D eigenvalue weighted by Gasteiger charge is 2.48. The Morgan fingerprint density at radius 3 is 2.53 bits per heavy atom. The van der Waals surface area contributed by atoms with Crippen molar-refractivity contribution in [2.45, 2.75) is 19.9 Å². The average molecular weight is 472 g/mol. The number of benzene rings is 2. The first kappa shape index (κ1) is 21.8. The van der Waals surface area contributed by atoms with Crippen molar-refractivity contribution in [1.82, 2.24) is 9.97 Å². The zero-order valence-corrected chi connectivity index (χ0v) is 19.4. The van der Waals surface area contributed by atoms with E-state index in [-0.39, 0.29) is 11.3 Å².